The minimum Gasteiger partial charge on any atom is -0.497 e. The number of benzene rings is 4. The van der Waals surface area contributed by atoms with Crippen LogP contribution in [0, 0.1) is 0 Å². The topological polar surface area (TPSA) is 84.2 Å². The van der Waals surface area contributed by atoms with Crippen molar-refractivity contribution < 1.29 is 33.0 Å². The highest BCUT2D eigenvalue weighted by molar-refractivity contribution is 6.10. The summed E-state index contributed by atoms with van der Waals surface area (Å²) in [6.45, 7) is 2.38. The van der Waals surface area contributed by atoms with Crippen molar-refractivity contribution in [2.45, 2.75) is 6.92 Å². The highest BCUT2D eigenvalue weighted by Gasteiger charge is 2.24. The molecule has 0 N–H and O–H groups in total. The van der Waals surface area contributed by atoms with Crippen molar-refractivity contribution in [3.05, 3.63) is 114 Å². The highest BCUT2D eigenvalue weighted by Crippen LogP contribution is 2.36. The summed E-state index contributed by atoms with van der Waals surface area (Å²) in [5.41, 5.74) is 2.67. The zero-order valence-electron chi connectivity index (χ0n) is 22.9. The standard InChI is InChI=1S/C34H28O7/c1-4-39-25-15-18-30-28(20-25)32(33(41-30)23-10-6-5-7-11-23)34(36)40-26-12-8-9-22(19-26)13-17-29(35)27-16-14-24(37-2)21-31(27)38-3/h5-21H,4H2,1-3H3/b17-13+. The van der Waals surface area contributed by atoms with Crippen molar-refractivity contribution >= 4 is 28.8 Å². The Hall–Kier alpha value is -5.30. The van der Waals surface area contributed by atoms with Crippen LogP contribution in [0.2, 0.25) is 0 Å². The Morgan fingerprint density at radius 1 is 0.805 bits per heavy atom. The molecule has 0 saturated carbocycles. The molecule has 0 aliphatic carbocycles. The van der Waals surface area contributed by atoms with Crippen molar-refractivity contribution in [2.75, 3.05) is 20.8 Å². The van der Waals surface area contributed by atoms with Crippen molar-refractivity contribution in [3.8, 4) is 34.3 Å². The molecule has 5 aromatic rings. The van der Waals surface area contributed by atoms with Crippen LogP contribution in [-0.2, 0) is 0 Å². The zero-order chi connectivity index (χ0) is 28.8. The largest absolute Gasteiger partial charge is 0.497 e. The van der Waals surface area contributed by atoms with Crippen LogP contribution in [0.1, 0.15) is 33.2 Å². The first kappa shape index (κ1) is 27.3. The van der Waals surface area contributed by atoms with E-state index in [9.17, 15) is 9.59 Å². The van der Waals surface area contributed by atoms with Gasteiger partial charge in [0.2, 0.25) is 0 Å². The van der Waals surface area contributed by atoms with E-state index in [2.05, 4.69) is 0 Å². The van der Waals surface area contributed by atoms with E-state index in [1.165, 1.54) is 13.2 Å². The van der Waals surface area contributed by atoms with Gasteiger partial charge in [0.15, 0.2) is 5.78 Å². The Kier molecular flexibility index (Phi) is 8.15. The average Bonchev–Trinajstić information content (AvgIpc) is 3.39. The summed E-state index contributed by atoms with van der Waals surface area (Å²) in [6, 6.07) is 26.7. The zero-order valence-corrected chi connectivity index (χ0v) is 22.9. The normalized spacial score (nSPS) is 11.0. The molecule has 7 heteroatoms. The second kappa shape index (κ2) is 12.3. The maximum absolute atomic E-state index is 13.6. The van der Waals surface area contributed by atoms with Crippen LogP contribution in [0.25, 0.3) is 28.4 Å². The van der Waals surface area contributed by atoms with E-state index in [0.717, 1.165) is 5.56 Å². The minimum atomic E-state index is -0.573. The number of rotatable bonds is 10. The molecule has 0 spiro atoms. The Balaban J connectivity index is 1.43. The second-order valence-electron chi connectivity index (χ2n) is 8.99. The molecule has 0 atom stereocenters. The van der Waals surface area contributed by atoms with Gasteiger partial charge in [0.05, 0.1) is 26.4 Å². The van der Waals surface area contributed by atoms with Crippen molar-refractivity contribution in [1.29, 1.82) is 0 Å². The van der Waals surface area contributed by atoms with Crippen molar-refractivity contribution in [1.82, 2.24) is 0 Å². The summed E-state index contributed by atoms with van der Waals surface area (Å²) in [7, 11) is 3.04. The molecule has 0 amide bonds. The number of hydrogen-bond acceptors (Lipinski definition) is 7. The van der Waals surface area contributed by atoms with E-state index in [1.54, 1.807) is 67.8 Å². The summed E-state index contributed by atoms with van der Waals surface area (Å²) >= 11 is 0. The first-order valence-electron chi connectivity index (χ1n) is 13.0. The summed E-state index contributed by atoms with van der Waals surface area (Å²) in [5, 5.41) is 0.592. The summed E-state index contributed by atoms with van der Waals surface area (Å²) in [4.78, 5) is 26.5. The third-order valence-electron chi connectivity index (χ3n) is 6.38. The molecule has 0 unspecified atom stereocenters. The van der Waals surface area contributed by atoms with Crippen molar-refractivity contribution in [3.63, 3.8) is 0 Å². The number of furan rings is 1. The van der Waals surface area contributed by atoms with Crippen LogP contribution in [0.5, 0.6) is 23.0 Å². The number of methoxy groups -OCH3 is 2. The maximum atomic E-state index is 13.6. The molecule has 0 saturated heterocycles. The predicted octanol–water partition coefficient (Wildman–Crippen LogP) is 7.63. The Morgan fingerprint density at radius 2 is 1.61 bits per heavy atom. The minimum absolute atomic E-state index is 0.241. The second-order valence-corrected chi connectivity index (χ2v) is 8.99. The molecule has 0 aliphatic rings. The van der Waals surface area contributed by atoms with Gasteiger partial charge in [-0.2, -0.15) is 0 Å². The first-order chi connectivity index (χ1) is 20.0. The first-order valence-corrected chi connectivity index (χ1v) is 13.0. The van der Waals surface area contributed by atoms with Crippen LogP contribution in [-0.4, -0.2) is 32.6 Å². The molecule has 1 aromatic heterocycles. The maximum Gasteiger partial charge on any atom is 0.348 e. The van der Waals surface area contributed by atoms with Crippen LogP contribution in [0.3, 0.4) is 0 Å². The average molecular weight is 549 g/mol. The molecule has 1 heterocycles. The number of allylic oxidation sites excluding steroid dienone is 1. The summed E-state index contributed by atoms with van der Waals surface area (Å²) in [6.07, 6.45) is 3.10. The van der Waals surface area contributed by atoms with Gasteiger partial charge in [-0.3, -0.25) is 4.79 Å². The molecule has 41 heavy (non-hydrogen) atoms. The lowest BCUT2D eigenvalue weighted by molar-refractivity contribution is 0.0736. The Labute approximate surface area is 237 Å². The van der Waals surface area contributed by atoms with Gasteiger partial charge >= 0.3 is 5.97 Å². The van der Waals surface area contributed by atoms with Gasteiger partial charge in [-0.1, -0.05) is 48.5 Å². The smallest absolute Gasteiger partial charge is 0.348 e. The number of hydrogen-bond donors (Lipinski definition) is 0. The van der Waals surface area contributed by atoms with Gasteiger partial charge in [-0.05, 0) is 61.0 Å². The third-order valence-corrected chi connectivity index (χ3v) is 6.38. The number of fused-ring (bicyclic) bond motifs is 1. The van der Waals surface area contributed by atoms with Gasteiger partial charge in [0.25, 0.3) is 0 Å². The van der Waals surface area contributed by atoms with Crippen molar-refractivity contribution in [2.24, 2.45) is 0 Å². The molecule has 0 fully saturated rings. The predicted molar refractivity (Wildman–Crippen MR) is 157 cm³/mol. The molecule has 7 nitrogen and oxygen atoms in total. The lowest BCUT2D eigenvalue weighted by Gasteiger charge is -2.08. The number of esters is 1. The van der Waals surface area contributed by atoms with Crippen LogP contribution in [0.15, 0.2) is 101 Å². The van der Waals surface area contributed by atoms with Gasteiger partial charge in [0, 0.05) is 17.0 Å². The fraction of sp³-hybridized carbons (Fsp3) is 0.118. The lowest BCUT2D eigenvalue weighted by Crippen LogP contribution is -2.09. The van der Waals surface area contributed by atoms with E-state index < -0.39 is 5.97 Å². The molecule has 5 rings (SSSR count). The van der Waals surface area contributed by atoms with Crippen LogP contribution >= 0.6 is 0 Å². The van der Waals surface area contributed by atoms with Gasteiger partial charge in [-0.15, -0.1) is 0 Å². The Bertz CT molecular complexity index is 1730. The lowest BCUT2D eigenvalue weighted by atomic mass is 10.1. The molecule has 0 aliphatic heterocycles. The third kappa shape index (κ3) is 5.99. The quantitative estimate of drug-likeness (QED) is 0.0768. The van der Waals surface area contributed by atoms with E-state index in [-0.39, 0.29) is 5.78 Å². The molecular weight excluding hydrogens is 520 g/mol. The molecule has 4 aromatic carbocycles. The van der Waals surface area contributed by atoms with E-state index in [1.807, 2.05) is 43.3 Å². The molecular formula is C34H28O7. The number of carbonyl (C=O) groups excluding carboxylic acids is 2. The molecule has 206 valence electrons. The van der Waals surface area contributed by atoms with Crippen LogP contribution < -0.4 is 18.9 Å². The van der Waals surface area contributed by atoms with Gasteiger partial charge in [-0.25, -0.2) is 4.79 Å². The SMILES string of the molecule is CCOc1ccc2oc(-c3ccccc3)c(C(=O)Oc3cccc(/C=C/C(=O)c4ccc(OC)cc4OC)c3)c2c1. The fourth-order valence-corrected chi connectivity index (χ4v) is 4.43. The fourth-order valence-electron chi connectivity index (χ4n) is 4.43. The van der Waals surface area contributed by atoms with Gasteiger partial charge < -0.3 is 23.4 Å². The van der Waals surface area contributed by atoms with Gasteiger partial charge in [0.1, 0.15) is 39.9 Å². The molecule has 0 bridgehead atoms. The van der Waals surface area contributed by atoms with E-state index >= 15 is 0 Å². The van der Waals surface area contributed by atoms with Crippen LogP contribution in [0.4, 0.5) is 0 Å². The summed E-state index contributed by atoms with van der Waals surface area (Å²) in [5.74, 6) is 1.54. The van der Waals surface area contributed by atoms with E-state index in [0.29, 0.717) is 63.0 Å². The summed E-state index contributed by atoms with van der Waals surface area (Å²) < 4.78 is 28.2. The number of ether oxygens (including phenoxy) is 4. The highest BCUT2D eigenvalue weighted by atomic mass is 16.5. The van der Waals surface area contributed by atoms with E-state index in [4.69, 9.17) is 23.4 Å². The number of ketones is 1. The monoisotopic (exact) mass is 548 g/mol. The number of carbonyl (C=O) groups is 2. The molecule has 0 radical (unpaired) electrons. The Morgan fingerprint density at radius 3 is 2.37 bits per heavy atom.